The lowest BCUT2D eigenvalue weighted by Crippen LogP contribution is -2.18. The lowest BCUT2D eigenvalue weighted by atomic mass is 9.81. The number of para-hydroxylation sites is 2. The molecular formula is C55H46N2. The van der Waals surface area contributed by atoms with Gasteiger partial charge in [0, 0.05) is 44.4 Å². The van der Waals surface area contributed by atoms with Crippen LogP contribution in [0.1, 0.15) is 56.9 Å². The molecule has 0 aliphatic heterocycles. The van der Waals surface area contributed by atoms with E-state index < -0.39 is 0 Å². The molecule has 0 N–H and O–H groups in total. The highest BCUT2D eigenvalue weighted by atomic mass is 15.1. The molecule has 0 fully saturated rings. The summed E-state index contributed by atoms with van der Waals surface area (Å²) in [6.07, 6.45) is 6.12. The molecule has 0 atom stereocenters. The van der Waals surface area contributed by atoms with E-state index in [2.05, 4.69) is 221 Å². The van der Waals surface area contributed by atoms with Crippen molar-refractivity contribution in [2.24, 2.45) is 0 Å². The largest absolute Gasteiger partial charge is 0.310 e. The van der Waals surface area contributed by atoms with Crippen LogP contribution in [0, 0.1) is 0 Å². The van der Waals surface area contributed by atoms with Gasteiger partial charge in [0.25, 0.3) is 0 Å². The number of rotatable bonds is 7. The summed E-state index contributed by atoms with van der Waals surface area (Å²) >= 11 is 0. The van der Waals surface area contributed by atoms with Gasteiger partial charge in [-0.1, -0.05) is 149 Å². The molecular weight excluding hydrogens is 689 g/mol. The smallest absolute Gasteiger partial charge is 0.0541 e. The van der Waals surface area contributed by atoms with Crippen LogP contribution in [0.15, 0.2) is 188 Å². The van der Waals surface area contributed by atoms with Crippen LogP contribution in [-0.2, 0) is 10.8 Å². The zero-order chi connectivity index (χ0) is 39.1. The van der Waals surface area contributed by atoms with Crippen molar-refractivity contribution in [1.29, 1.82) is 0 Å². The Labute approximate surface area is 336 Å². The molecule has 2 nitrogen and oxygen atoms in total. The van der Waals surface area contributed by atoms with Crippen LogP contribution in [0.5, 0.6) is 0 Å². The second-order valence-corrected chi connectivity index (χ2v) is 16.7. The first-order valence-electron chi connectivity index (χ1n) is 20.1. The number of hydrogen-bond donors (Lipinski definition) is 0. The summed E-state index contributed by atoms with van der Waals surface area (Å²) in [6.45, 7) is 15.6. The van der Waals surface area contributed by atoms with Gasteiger partial charge in [0.1, 0.15) is 0 Å². The van der Waals surface area contributed by atoms with Crippen LogP contribution in [0.4, 0.5) is 17.1 Å². The Morgan fingerprint density at radius 2 is 1.11 bits per heavy atom. The van der Waals surface area contributed by atoms with Gasteiger partial charge >= 0.3 is 0 Å². The van der Waals surface area contributed by atoms with Crippen molar-refractivity contribution in [3.63, 3.8) is 0 Å². The van der Waals surface area contributed by atoms with Crippen LogP contribution in [0.2, 0.25) is 0 Å². The van der Waals surface area contributed by atoms with E-state index in [1.807, 2.05) is 6.08 Å². The van der Waals surface area contributed by atoms with E-state index in [9.17, 15) is 0 Å². The Hall–Kier alpha value is -6.64. The topological polar surface area (TPSA) is 8.17 Å². The SMILES string of the molecule is C=C/C=C\C1=C(C)C(C)(C)c2cc(N(c3ccc(-c4ccc5c(c4)c4ccccc4n5-c4ccccc4)cc3)c3ccc4c(c3)C(C)(C)c3ccccc3-4)ccc21. The molecule has 2 heteroatoms. The molecule has 0 amide bonds. The van der Waals surface area contributed by atoms with Gasteiger partial charge in [-0.2, -0.15) is 0 Å². The standard InChI is InChI=1S/C55H46N2/c1-7-8-18-43-36(2)54(3,4)50-34-41(28-30-45(43)50)56(42-29-31-46-44-19-12-14-21-49(44)55(5,6)51(46)35-42)40-26-23-37(24-27-40)38-25-32-53-48(33-38)47-20-13-15-22-52(47)57(53)39-16-10-9-11-17-39/h7-35H,1H2,2-6H3/b18-8-. The van der Waals surface area contributed by atoms with Crippen molar-refractivity contribution in [1.82, 2.24) is 4.57 Å². The van der Waals surface area contributed by atoms with E-state index in [-0.39, 0.29) is 10.8 Å². The molecule has 2 aliphatic carbocycles. The quantitative estimate of drug-likeness (QED) is 0.148. The second kappa shape index (κ2) is 13.0. The summed E-state index contributed by atoms with van der Waals surface area (Å²) in [5, 5.41) is 2.52. The van der Waals surface area contributed by atoms with Gasteiger partial charge < -0.3 is 9.47 Å². The molecule has 10 rings (SSSR count). The number of aromatic nitrogens is 1. The van der Waals surface area contributed by atoms with Crippen molar-refractivity contribution in [3.8, 4) is 27.9 Å². The summed E-state index contributed by atoms with van der Waals surface area (Å²) in [5.74, 6) is 0. The molecule has 57 heavy (non-hydrogen) atoms. The van der Waals surface area contributed by atoms with Crippen LogP contribution >= 0.6 is 0 Å². The lowest BCUT2D eigenvalue weighted by Gasteiger charge is -2.30. The van der Waals surface area contributed by atoms with Crippen LogP contribution in [-0.4, -0.2) is 4.57 Å². The van der Waals surface area contributed by atoms with E-state index in [1.165, 1.54) is 83.1 Å². The predicted molar refractivity (Wildman–Crippen MR) is 243 cm³/mol. The van der Waals surface area contributed by atoms with Gasteiger partial charge in [0.15, 0.2) is 0 Å². The second-order valence-electron chi connectivity index (χ2n) is 16.7. The normalized spacial score (nSPS) is 15.0. The van der Waals surface area contributed by atoms with E-state index in [1.54, 1.807) is 0 Å². The maximum absolute atomic E-state index is 3.94. The molecule has 0 radical (unpaired) electrons. The number of anilines is 3. The first-order valence-corrected chi connectivity index (χ1v) is 20.1. The minimum atomic E-state index is -0.106. The third-order valence-corrected chi connectivity index (χ3v) is 12.9. The van der Waals surface area contributed by atoms with E-state index in [0.29, 0.717) is 0 Å². The fraction of sp³-hybridized carbons (Fsp3) is 0.127. The predicted octanol–water partition coefficient (Wildman–Crippen LogP) is 15.0. The Kier molecular flexibility index (Phi) is 7.92. The molecule has 0 saturated carbocycles. The zero-order valence-electron chi connectivity index (χ0n) is 33.3. The van der Waals surface area contributed by atoms with Crippen molar-refractivity contribution in [2.45, 2.75) is 45.4 Å². The Morgan fingerprint density at radius 1 is 0.509 bits per heavy atom. The molecule has 0 spiro atoms. The summed E-state index contributed by atoms with van der Waals surface area (Å²) in [6, 6.07) is 58.5. The molecule has 1 heterocycles. The minimum absolute atomic E-state index is 0.104. The van der Waals surface area contributed by atoms with Crippen molar-refractivity contribution >= 4 is 44.4 Å². The maximum atomic E-state index is 3.94. The number of hydrogen-bond acceptors (Lipinski definition) is 1. The number of allylic oxidation sites excluding steroid dienone is 5. The summed E-state index contributed by atoms with van der Waals surface area (Å²) in [4.78, 5) is 2.45. The molecule has 1 aromatic heterocycles. The van der Waals surface area contributed by atoms with Gasteiger partial charge in [-0.3, -0.25) is 0 Å². The molecule has 8 aromatic rings. The Morgan fingerprint density at radius 3 is 1.86 bits per heavy atom. The molecule has 7 aromatic carbocycles. The summed E-state index contributed by atoms with van der Waals surface area (Å²) in [7, 11) is 0. The first kappa shape index (κ1) is 34.8. The molecule has 2 aliphatic rings. The van der Waals surface area contributed by atoms with Crippen LogP contribution in [0.25, 0.3) is 55.3 Å². The van der Waals surface area contributed by atoms with Gasteiger partial charge in [0.05, 0.1) is 11.0 Å². The van der Waals surface area contributed by atoms with E-state index in [4.69, 9.17) is 0 Å². The summed E-state index contributed by atoms with van der Waals surface area (Å²) in [5.41, 5.74) is 19.9. The average Bonchev–Trinajstić information content (AvgIpc) is 3.76. The number of benzene rings is 7. The van der Waals surface area contributed by atoms with E-state index >= 15 is 0 Å². The minimum Gasteiger partial charge on any atom is -0.310 e. The van der Waals surface area contributed by atoms with Gasteiger partial charge in [-0.15, -0.1) is 0 Å². The number of nitrogens with zero attached hydrogens (tertiary/aromatic N) is 2. The third kappa shape index (κ3) is 5.31. The van der Waals surface area contributed by atoms with Crippen molar-refractivity contribution in [3.05, 3.63) is 210 Å². The Bertz CT molecular complexity index is 2970. The van der Waals surface area contributed by atoms with Gasteiger partial charge in [-0.25, -0.2) is 0 Å². The molecule has 0 unspecified atom stereocenters. The fourth-order valence-corrected chi connectivity index (χ4v) is 9.63. The maximum Gasteiger partial charge on any atom is 0.0541 e. The highest BCUT2D eigenvalue weighted by Crippen LogP contribution is 2.52. The van der Waals surface area contributed by atoms with Crippen LogP contribution < -0.4 is 4.90 Å². The highest BCUT2D eigenvalue weighted by molar-refractivity contribution is 6.10. The molecule has 276 valence electrons. The van der Waals surface area contributed by atoms with Gasteiger partial charge in [0.2, 0.25) is 0 Å². The zero-order valence-corrected chi connectivity index (χ0v) is 33.3. The molecule has 0 bridgehead atoms. The van der Waals surface area contributed by atoms with Gasteiger partial charge in [-0.05, 0) is 124 Å². The van der Waals surface area contributed by atoms with E-state index in [0.717, 1.165) is 17.1 Å². The first-order chi connectivity index (χ1) is 27.7. The van der Waals surface area contributed by atoms with Crippen molar-refractivity contribution in [2.75, 3.05) is 4.90 Å². The summed E-state index contributed by atoms with van der Waals surface area (Å²) < 4.78 is 2.37. The molecule has 0 saturated heterocycles. The van der Waals surface area contributed by atoms with Crippen LogP contribution in [0.3, 0.4) is 0 Å². The Balaban J connectivity index is 1.10. The average molecular weight is 735 g/mol. The third-order valence-electron chi connectivity index (χ3n) is 12.9. The highest BCUT2D eigenvalue weighted by Gasteiger charge is 2.37. The fourth-order valence-electron chi connectivity index (χ4n) is 9.63. The van der Waals surface area contributed by atoms with Crippen molar-refractivity contribution < 1.29 is 0 Å². The monoisotopic (exact) mass is 734 g/mol. The lowest BCUT2D eigenvalue weighted by molar-refractivity contribution is 0.639. The number of fused-ring (bicyclic) bond motifs is 7.